The number of nitrogens with zero attached hydrogens (tertiary/aromatic N) is 2. The molecule has 0 atom stereocenters. The quantitative estimate of drug-likeness (QED) is 0.785. The van der Waals surface area contributed by atoms with Crippen LogP contribution in [0.2, 0.25) is 10.2 Å². The van der Waals surface area contributed by atoms with Gasteiger partial charge in [0.15, 0.2) is 6.29 Å². The molecule has 0 amide bonds. The van der Waals surface area contributed by atoms with Crippen molar-refractivity contribution in [3.05, 3.63) is 45.4 Å². The van der Waals surface area contributed by atoms with E-state index in [9.17, 15) is 9.18 Å². The molecule has 3 nitrogen and oxygen atoms in total. The first-order chi connectivity index (χ1) is 8.04. The van der Waals surface area contributed by atoms with E-state index in [1.54, 1.807) is 6.92 Å². The number of rotatable bonds is 2. The number of hydrogen-bond donors (Lipinski definition) is 0. The number of aldehydes is 1. The van der Waals surface area contributed by atoms with E-state index in [2.05, 4.69) is 5.10 Å². The van der Waals surface area contributed by atoms with Crippen LogP contribution in [0.15, 0.2) is 18.2 Å². The van der Waals surface area contributed by atoms with E-state index in [1.165, 1.54) is 22.9 Å². The van der Waals surface area contributed by atoms with Gasteiger partial charge in [-0.2, -0.15) is 5.10 Å². The van der Waals surface area contributed by atoms with Gasteiger partial charge in [-0.15, -0.1) is 0 Å². The molecule has 0 aliphatic carbocycles. The molecule has 0 bridgehead atoms. The van der Waals surface area contributed by atoms with Gasteiger partial charge >= 0.3 is 0 Å². The zero-order valence-corrected chi connectivity index (χ0v) is 10.3. The molecule has 88 valence electrons. The van der Waals surface area contributed by atoms with Gasteiger partial charge < -0.3 is 0 Å². The van der Waals surface area contributed by atoms with Gasteiger partial charge in [0.05, 0.1) is 22.0 Å². The number of benzene rings is 1. The maximum absolute atomic E-state index is 13.0. The van der Waals surface area contributed by atoms with Crippen molar-refractivity contribution in [1.29, 1.82) is 0 Å². The molecular weight excluding hydrogens is 266 g/mol. The Hall–Kier alpha value is -1.39. The molecule has 17 heavy (non-hydrogen) atoms. The number of aromatic nitrogens is 2. The fourth-order valence-corrected chi connectivity index (χ4v) is 1.92. The summed E-state index contributed by atoms with van der Waals surface area (Å²) in [7, 11) is 0. The molecule has 0 aliphatic rings. The first-order valence-electron chi connectivity index (χ1n) is 4.70. The molecule has 1 aromatic carbocycles. The van der Waals surface area contributed by atoms with E-state index in [1.807, 2.05) is 0 Å². The molecule has 2 aromatic rings. The van der Waals surface area contributed by atoms with E-state index < -0.39 is 5.82 Å². The Balaban J connectivity index is 2.60. The highest BCUT2D eigenvalue weighted by Crippen LogP contribution is 2.24. The molecule has 2 rings (SSSR count). The van der Waals surface area contributed by atoms with Crippen LogP contribution < -0.4 is 0 Å². The maximum Gasteiger partial charge on any atom is 0.155 e. The number of aryl methyl sites for hydroxylation is 1. The average Bonchev–Trinajstić information content (AvgIpc) is 2.58. The third kappa shape index (κ3) is 2.06. The van der Waals surface area contributed by atoms with E-state index in [-0.39, 0.29) is 10.2 Å². The van der Waals surface area contributed by atoms with Crippen LogP contribution >= 0.6 is 23.2 Å². The number of carbonyl (C=O) groups is 1. The lowest BCUT2D eigenvalue weighted by molar-refractivity contribution is 0.112. The van der Waals surface area contributed by atoms with Crippen molar-refractivity contribution in [2.45, 2.75) is 6.92 Å². The normalized spacial score (nSPS) is 10.6. The van der Waals surface area contributed by atoms with Gasteiger partial charge in [0, 0.05) is 0 Å². The van der Waals surface area contributed by atoms with Crippen molar-refractivity contribution < 1.29 is 9.18 Å². The second-order valence-corrected chi connectivity index (χ2v) is 4.18. The summed E-state index contributed by atoms with van der Waals surface area (Å²) >= 11 is 11.7. The summed E-state index contributed by atoms with van der Waals surface area (Å²) in [5, 5.41) is 4.25. The summed E-state index contributed by atoms with van der Waals surface area (Å²) in [4.78, 5) is 10.8. The minimum Gasteiger partial charge on any atom is -0.298 e. The predicted molar refractivity (Wildman–Crippen MR) is 63.7 cm³/mol. The first kappa shape index (κ1) is 12.1. The van der Waals surface area contributed by atoms with Crippen molar-refractivity contribution in [2.75, 3.05) is 0 Å². The SMILES string of the molecule is Cc1nn(-c2ccc(F)c(Cl)c2)c(Cl)c1C=O. The molecule has 6 heteroatoms. The molecule has 0 aliphatic heterocycles. The van der Waals surface area contributed by atoms with Gasteiger partial charge in [-0.25, -0.2) is 9.07 Å². The summed E-state index contributed by atoms with van der Waals surface area (Å²) in [5.74, 6) is -0.522. The standard InChI is InChI=1S/C11H7Cl2FN2O/c1-6-8(5-17)11(13)16(15-6)7-2-3-10(14)9(12)4-7/h2-5H,1H3. The molecule has 0 spiro atoms. The Morgan fingerprint density at radius 1 is 1.41 bits per heavy atom. The van der Waals surface area contributed by atoms with Gasteiger partial charge in [0.2, 0.25) is 0 Å². The summed E-state index contributed by atoms with van der Waals surface area (Å²) in [6.45, 7) is 1.66. The molecule has 0 saturated carbocycles. The van der Waals surface area contributed by atoms with Crippen LogP contribution in [0.1, 0.15) is 16.1 Å². The van der Waals surface area contributed by atoms with E-state index >= 15 is 0 Å². The van der Waals surface area contributed by atoms with Crippen molar-refractivity contribution in [2.24, 2.45) is 0 Å². The molecule has 0 unspecified atom stereocenters. The monoisotopic (exact) mass is 272 g/mol. The highest BCUT2D eigenvalue weighted by Gasteiger charge is 2.14. The van der Waals surface area contributed by atoms with Crippen LogP contribution in [0.4, 0.5) is 4.39 Å². The zero-order chi connectivity index (χ0) is 12.6. The third-order valence-electron chi connectivity index (χ3n) is 2.31. The van der Waals surface area contributed by atoms with Gasteiger partial charge in [0.1, 0.15) is 11.0 Å². The molecule has 0 saturated heterocycles. The summed E-state index contributed by atoms with van der Waals surface area (Å²) < 4.78 is 14.4. The second kappa shape index (κ2) is 4.47. The molecular formula is C11H7Cl2FN2O. The lowest BCUT2D eigenvalue weighted by Gasteiger charge is -2.03. The van der Waals surface area contributed by atoms with Gasteiger partial charge in [-0.1, -0.05) is 23.2 Å². The first-order valence-corrected chi connectivity index (χ1v) is 5.46. The minimum atomic E-state index is -0.522. The van der Waals surface area contributed by atoms with Crippen molar-refractivity contribution in [3.63, 3.8) is 0 Å². The summed E-state index contributed by atoms with van der Waals surface area (Å²) in [6, 6.07) is 4.09. The van der Waals surface area contributed by atoms with Gasteiger partial charge in [0.25, 0.3) is 0 Å². The molecule has 1 heterocycles. The van der Waals surface area contributed by atoms with Crippen molar-refractivity contribution >= 4 is 29.5 Å². The smallest absolute Gasteiger partial charge is 0.155 e. The number of hydrogen-bond acceptors (Lipinski definition) is 2. The van der Waals surface area contributed by atoms with E-state index in [4.69, 9.17) is 23.2 Å². The van der Waals surface area contributed by atoms with Crippen LogP contribution in [0.3, 0.4) is 0 Å². The van der Waals surface area contributed by atoms with Crippen LogP contribution in [0.25, 0.3) is 5.69 Å². The van der Waals surface area contributed by atoms with Crippen molar-refractivity contribution in [3.8, 4) is 5.69 Å². The fourth-order valence-electron chi connectivity index (χ4n) is 1.43. The Bertz CT molecular complexity index is 595. The highest BCUT2D eigenvalue weighted by molar-refractivity contribution is 6.32. The minimum absolute atomic E-state index is 0.0284. The summed E-state index contributed by atoms with van der Waals surface area (Å²) in [6.07, 6.45) is 0.631. The highest BCUT2D eigenvalue weighted by atomic mass is 35.5. The molecule has 1 aromatic heterocycles. The lowest BCUT2D eigenvalue weighted by Crippen LogP contribution is -1.97. The molecule has 0 fully saturated rings. The Morgan fingerprint density at radius 3 is 2.65 bits per heavy atom. The fraction of sp³-hybridized carbons (Fsp3) is 0.0909. The molecule has 0 radical (unpaired) electrons. The van der Waals surface area contributed by atoms with Crippen molar-refractivity contribution in [1.82, 2.24) is 9.78 Å². The van der Waals surface area contributed by atoms with E-state index in [0.29, 0.717) is 23.2 Å². The number of halogens is 3. The van der Waals surface area contributed by atoms with Crippen LogP contribution in [0.5, 0.6) is 0 Å². The Labute approximate surface area is 107 Å². The zero-order valence-electron chi connectivity index (χ0n) is 8.75. The Kier molecular flexibility index (Phi) is 3.17. The predicted octanol–water partition coefficient (Wildman–Crippen LogP) is 3.44. The van der Waals surface area contributed by atoms with Crippen LogP contribution in [-0.4, -0.2) is 16.1 Å². The molecule has 0 N–H and O–H groups in total. The summed E-state index contributed by atoms with van der Waals surface area (Å²) in [5.41, 5.74) is 1.31. The lowest BCUT2D eigenvalue weighted by atomic mass is 10.3. The van der Waals surface area contributed by atoms with Crippen LogP contribution in [-0.2, 0) is 0 Å². The van der Waals surface area contributed by atoms with Gasteiger partial charge in [-0.05, 0) is 25.1 Å². The maximum atomic E-state index is 13.0. The Morgan fingerprint density at radius 2 is 2.12 bits per heavy atom. The average molecular weight is 273 g/mol. The second-order valence-electron chi connectivity index (χ2n) is 3.42. The number of carbonyl (C=O) groups excluding carboxylic acids is 1. The van der Waals surface area contributed by atoms with Gasteiger partial charge in [-0.3, -0.25) is 4.79 Å². The largest absolute Gasteiger partial charge is 0.298 e. The topological polar surface area (TPSA) is 34.9 Å². The van der Waals surface area contributed by atoms with E-state index in [0.717, 1.165) is 0 Å². The van der Waals surface area contributed by atoms with Crippen LogP contribution in [0, 0.1) is 12.7 Å². The third-order valence-corrected chi connectivity index (χ3v) is 2.97.